The number of hydrogen-bond acceptors (Lipinski definition) is 0. The summed E-state index contributed by atoms with van der Waals surface area (Å²) in [5.74, 6) is 0. The zero-order chi connectivity index (χ0) is 6.41. The van der Waals surface area contributed by atoms with Crippen LogP contribution in [0.2, 0.25) is 0 Å². The molecule has 0 heterocycles. The molecule has 0 nitrogen and oxygen atoms in total. The molecule has 0 radical (unpaired) electrons. The molecule has 0 aromatic carbocycles. The second-order valence-corrected chi connectivity index (χ2v) is 133. The number of rotatable bonds is 0. The second-order valence-electron chi connectivity index (χ2n) is 0.714. The molecule has 7 heteroatoms. The summed E-state index contributed by atoms with van der Waals surface area (Å²) in [6.45, 7) is 0. The van der Waals surface area contributed by atoms with E-state index in [1.807, 2.05) is 0 Å². The zero-order valence-corrected chi connectivity index (χ0v) is 16.6. The van der Waals surface area contributed by atoms with E-state index in [4.69, 9.17) is 0 Å². The van der Waals surface area contributed by atoms with Gasteiger partial charge in [-0.05, 0) is 0 Å². The fourth-order valence-electron chi connectivity index (χ4n) is 0. The summed E-state index contributed by atoms with van der Waals surface area (Å²) >= 11 is 15.1. The average Bonchev–Trinajstić information content (AvgIpc) is 0.592. The molecule has 0 saturated heterocycles. The van der Waals surface area contributed by atoms with Gasteiger partial charge in [-0.3, -0.25) is 0 Å². The van der Waals surface area contributed by atoms with Crippen molar-refractivity contribution in [3.8, 4) is 0 Å². The van der Waals surface area contributed by atoms with E-state index in [-0.39, 0.29) is 0 Å². The first-order valence-electron chi connectivity index (χ1n) is 0.756. The molecule has 0 atom stereocenters. The molecule has 51 valence electrons. The van der Waals surface area contributed by atoms with Crippen molar-refractivity contribution in [1.29, 1.82) is 0 Å². The van der Waals surface area contributed by atoms with E-state index in [1.54, 1.807) is 0 Å². The Morgan fingerprint density at radius 3 is 0.571 bits per heavy atom. The Kier molecular flexibility index (Phi) is 4.57. The van der Waals surface area contributed by atoms with Crippen LogP contribution < -0.4 is 0 Å². The Morgan fingerprint density at radius 1 is 0.571 bits per heavy atom. The molecular formula is CoI6. The Balaban J connectivity index is 4.43. The van der Waals surface area contributed by atoms with Crippen LogP contribution in [-0.4, -0.2) is 0 Å². The molecule has 0 aliphatic carbocycles. The molecule has 0 N–H and O–H groups in total. The van der Waals surface area contributed by atoms with Crippen molar-refractivity contribution in [2.75, 3.05) is 0 Å². The van der Waals surface area contributed by atoms with Crippen LogP contribution in [0, 0.1) is 0 Å². The Hall–Kier alpha value is 4.89. The summed E-state index contributed by atoms with van der Waals surface area (Å²) in [6.07, 6.45) is 0. The summed E-state index contributed by atoms with van der Waals surface area (Å²) in [4.78, 5) is 0. The van der Waals surface area contributed by atoms with Crippen molar-refractivity contribution in [2.45, 2.75) is 0 Å². The normalized spacial score (nSPS) is 23.1. The van der Waals surface area contributed by atoms with Gasteiger partial charge in [0.25, 0.3) is 0 Å². The average molecular weight is 820 g/mol. The number of hydrogen-bond donors (Lipinski definition) is 0. The monoisotopic (exact) mass is 820 g/mol. The molecule has 0 amide bonds. The Bertz CT molecular complexity index is 62.7. The number of halogens is 6. The van der Waals surface area contributed by atoms with Gasteiger partial charge in [0, 0.05) is 0 Å². The standard InChI is InChI=1S/Co.6HI/h;6*1H/q+6;;;;;;/p-6. The van der Waals surface area contributed by atoms with Crippen LogP contribution in [0.1, 0.15) is 0 Å². The minimum absolute atomic E-state index is 1.83. The first kappa shape index (κ1) is 11.9. The van der Waals surface area contributed by atoms with Gasteiger partial charge in [0.2, 0.25) is 0 Å². The fourth-order valence-corrected chi connectivity index (χ4v) is 0. The SMILES string of the molecule is [I][Co]([I])([I])([I])([I])[I]. The van der Waals surface area contributed by atoms with Gasteiger partial charge in [0.15, 0.2) is 0 Å². The summed E-state index contributed by atoms with van der Waals surface area (Å²) < 4.78 is -1.83. The van der Waals surface area contributed by atoms with Crippen LogP contribution in [0.15, 0.2) is 0 Å². The van der Waals surface area contributed by atoms with E-state index in [9.17, 15) is 0 Å². The van der Waals surface area contributed by atoms with E-state index in [2.05, 4.69) is 122 Å². The van der Waals surface area contributed by atoms with Crippen molar-refractivity contribution < 1.29 is -8.77 Å². The van der Waals surface area contributed by atoms with Gasteiger partial charge in [-0.25, -0.2) is 0 Å². The maximum atomic E-state index is 2.51. The van der Waals surface area contributed by atoms with Gasteiger partial charge in [-0.1, -0.05) is 0 Å². The van der Waals surface area contributed by atoms with Gasteiger partial charge in [0.1, 0.15) is 0 Å². The fraction of sp³-hybridized carbons (Fsp3) is 0. The van der Waals surface area contributed by atoms with Crippen LogP contribution in [0.25, 0.3) is 0 Å². The van der Waals surface area contributed by atoms with E-state index in [1.165, 1.54) is 0 Å². The van der Waals surface area contributed by atoms with Crippen molar-refractivity contribution in [3.63, 3.8) is 0 Å². The van der Waals surface area contributed by atoms with Crippen molar-refractivity contribution >= 4 is 122 Å². The van der Waals surface area contributed by atoms with E-state index >= 15 is 0 Å². The van der Waals surface area contributed by atoms with Gasteiger partial charge in [-0.15, -0.1) is 0 Å². The third kappa shape index (κ3) is 36.0. The van der Waals surface area contributed by atoms with E-state index < -0.39 is -8.77 Å². The van der Waals surface area contributed by atoms with Crippen molar-refractivity contribution in [3.05, 3.63) is 0 Å². The van der Waals surface area contributed by atoms with Gasteiger partial charge < -0.3 is 0 Å². The van der Waals surface area contributed by atoms with Crippen LogP contribution >= 0.6 is 122 Å². The van der Waals surface area contributed by atoms with Crippen LogP contribution in [0.3, 0.4) is 0 Å². The summed E-state index contributed by atoms with van der Waals surface area (Å²) in [5.41, 5.74) is 0. The van der Waals surface area contributed by atoms with Gasteiger partial charge >= 0.3 is 114 Å². The van der Waals surface area contributed by atoms with E-state index in [0.717, 1.165) is 0 Å². The summed E-state index contributed by atoms with van der Waals surface area (Å²) in [6, 6.07) is 0. The predicted octanol–water partition coefficient (Wildman–Crippen LogP) is 5.31. The molecule has 0 saturated carbocycles. The molecule has 0 rings (SSSR count). The molecule has 0 spiro atoms. The molecule has 7 heavy (non-hydrogen) atoms. The summed E-state index contributed by atoms with van der Waals surface area (Å²) in [5, 5.41) is 0. The topological polar surface area (TPSA) is 0 Å². The van der Waals surface area contributed by atoms with Crippen LogP contribution in [0.5, 0.6) is 0 Å². The predicted molar refractivity (Wildman–Crippen MR) is 84.1 cm³/mol. The molecule has 0 bridgehead atoms. The molecule has 0 unspecified atom stereocenters. The molecule has 0 aromatic heterocycles. The van der Waals surface area contributed by atoms with Crippen LogP contribution in [0.4, 0.5) is 0 Å². The quantitative estimate of drug-likeness (QED) is 0.291. The van der Waals surface area contributed by atoms with Gasteiger partial charge in [-0.2, -0.15) is 0 Å². The third-order valence-electron chi connectivity index (χ3n) is 0. The third-order valence-corrected chi connectivity index (χ3v) is 0. The van der Waals surface area contributed by atoms with Crippen molar-refractivity contribution in [2.24, 2.45) is 0 Å². The first-order chi connectivity index (χ1) is 2.45. The molecule has 0 aromatic rings. The Labute approximate surface area is 110 Å². The Morgan fingerprint density at radius 2 is 0.571 bits per heavy atom. The van der Waals surface area contributed by atoms with Crippen LogP contribution in [-0.2, 0) is -8.77 Å². The zero-order valence-electron chi connectivity index (χ0n) is 2.60. The van der Waals surface area contributed by atoms with Gasteiger partial charge in [0.05, 0.1) is 0 Å². The van der Waals surface area contributed by atoms with Crippen molar-refractivity contribution in [1.82, 2.24) is 0 Å². The first-order valence-corrected chi connectivity index (χ1v) is 20.9. The molecule has 0 fully saturated rings. The maximum absolute atomic E-state index is 2.51. The molecule has 0 aliphatic rings. The van der Waals surface area contributed by atoms with E-state index in [0.29, 0.717) is 0 Å². The summed E-state index contributed by atoms with van der Waals surface area (Å²) in [7, 11) is 0. The molecule has 0 aliphatic heterocycles. The second kappa shape index (κ2) is 2.69. The molecular weight excluding hydrogens is 820 g/mol. The minimum atomic E-state index is -1.83.